The molecule has 0 spiro atoms. The molecule has 0 amide bonds. The van der Waals surface area contributed by atoms with Crippen molar-refractivity contribution in [2.24, 2.45) is 0 Å². The van der Waals surface area contributed by atoms with Gasteiger partial charge in [0.1, 0.15) is 0 Å². The highest BCUT2D eigenvalue weighted by molar-refractivity contribution is 6.14. The van der Waals surface area contributed by atoms with Crippen LogP contribution in [0.2, 0.25) is 0 Å². The lowest BCUT2D eigenvalue weighted by atomic mass is 9.99. The van der Waals surface area contributed by atoms with E-state index in [1.807, 2.05) is 0 Å². The molecule has 0 N–H and O–H groups in total. The summed E-state index contributed by atoms with van der Waals surface area (Å²) in [6.45, 7) is 0. The topological polar surface area (TPSA) is 14.8 Å². The lowest BCUT2D eigenvalue weighted by Crippen LogP contribution is -2.08. The Morgan fingerprint density at radius 1 is 0.412 bits per heavy atom. The SMILES string of the molecule is C1=CCCC(n2c3ccccc3c3cc(-c4ccc5c(c4)c4ccccc4n5C4=Cc5c(n(-c6ccccc6)c6ccccc56)CC4)ccc32)=C1. The Balaban J connectivity index is 1.08. The van der Waals surface area contributed by atoms with Crippen LogP contribution in [0.4, 0.5) is 0 Å². The van der Waals surface area contributed by atoms with Gasteiger partial charge in [-0.2, -0.15) is 0 Å². The molecule has 0 unspecified atom stereocenters. The standard InChI is InChI=1S/C48H35N3/c1-3-13-34(14-4-1)49-43-20-10-7-17-37(43)40-29-32(23-26-46(40)49)33-24-27-47-41(30-33)38-18-8-12-22-45(38)51(47)36-25-28-48-42(31-36)39-19-9-11-21-44(39)50(48)35-15-5-2-6-16-35/h1-3,5-13,15-24,26-27,29-31H,4,14,25,28H2. The second-order valence-corrected chi connectivity index (χ2v) is 14.0. The summed E-state index contributed by atoms with van der Waals surface area (Å²) in [4.78, 5) is 0. The minimum absolute atomic E-state index is 0.971. The molecular weight excluding hydrogens is 619 g/mol. The Hall–Kier alpha value is -6.32. The number of hydrogen-bond donors (Lipinski definition) is 0. The van der Waals surface area contributed by atoms with Crippen molar-refractivity contribution in [2.75, 3.05) is 0 Å². The van der Waals surface area contributed by atoms with Gasteiger partial charge in [-0.25, -0.2) is 0 Å². The third-order valence-corrected chi connectivity index (χ3v) is 11.2. The maximum absolute atomic E-state index is 2.52. The van der Waals surface area contributed by atoms with E-state index in [-0.39, 0.29) is 0 Å². The van der Waals surface area contributed by atoms with E-state index >= 15 is 0 Å². The van der Waals surface area contributed by atoms with Crippen LogP contribution in [0.5, 0.6) is 0 Å². The number of rotatable bonds is 4. The average molecular weight is 654 g/mol. The van der Waals surface area contributed by atoms with Crippen LogP contribution >= 0.6 is 0 Å². The number of hydrogen-bond acceptors (Lipinski definition) is 0. The first-order chi connectivity index (χ1) is 25.3. The lowest BCUT2D eigenvalue weighted by molar-refractivity contribution is 0.873. The summed E-state index contributed by atoms with van der Waals surface area (Å²) in [7, 11) is 0. The van der Waals surface area contributed by atoms with Gasteiger partial charge in [-0.05, 0) is 104 Å². The average Bonchev–Trinajstić information content (AvgIpc) is 3.83. The predicted molar refractivity (Wildman–Crippen MR) is 216 cm³/mol. The first-order valence-corrected chi connectivity index (χ1v) is 18.1. The van der Waals surface area contributed by atoms with Gasteiger partial charge >= 0.3 is 0 Å². The van der Waals surface area contributed by atoms with E-state index < -0.39 is 0 Å². The second-order valence-electron chi connectivity index (χ2n) is 14.0. The van der Waals surface area contributed by atoms with Crippen LogP contribution in [0, 0.1) is 0 Å². The van der Waals surface area contributed by atoms with Crippen LogP contribution < -0.4 is 0 Å². The monoisotopic (exact) mass is 653 g/mol. The van der Waals surface area contributed by atoms with Crippen LogP contribution in [0.25, 0.3) is 88.8 Å². The summed E-state index contributed by atoms with van der Waals surface area (Å²) in [6, 6.07) is 51.6. The number of nitrogens with zero attached hydrogens (tertiary/aromatic N) is 3. The number of benzene rings is 6. The number of allylic oxidation sites excluding steroid dienone is 5. The third kappa shape index (κ3) is 4.25. The molecule has 0 atom stereocenters. The van der Waals surface area contributed by atoms with Crippen LogP contribution in [0.3, 0.4) is 0 Å². The Morgan fingerprint density at radius 2 is 0.961 bits per heavy atom. The Kier molecular flexibility index (Phi) is 6.20. The van der Waals surface area contributed by atoms with Gasteiger partial charge in [0.2, 0.25) is 0 Å². The van der Waals surface area contributed by atoms with Crippen molar-refractivity contribution < 1.29 is 0 Å². The minimum Gasteiger partial charge on any atom is -0.313 e. The molecule has 3 heterocycles. The molecule has 0 radical (unpaired) electrons. The third-order valence-electron chi connectivity index (χ3n) is 11.2. The normalized spacial score (nSPS) is 14.5. The highest BCUT2D eigenvalue weighted by Gasteiger charge is 2.24. The molecule has 9 aromatic rings. The molecule has 0 bridgehead atoms. The van der Waals surface area contributed by atoms with E-state index in [4.69, 9.17) is 0 Å². The van der Waals surface area contributed by atoms with Crippen LogP contribution in [0.1, 0.15) is 30.5 Å². The van der Waals surface area contributed by atoms with Crippen molar-refractivity contribution in [1.29, 1.82) is 0 Å². The Labute approximate surface area is 296 Å². The van der Waals surface area contributed by atoms with Gasteiger partial charge in [0.25, 0.3) is 0 Å². The Morgan fingerprint density at radius 3 is 1.59 bits per heavy atom. The zero-order chi connectivity index (χ0) is 33.5. The van der Waals surface area contributed by atoms with E-state index in [0.717, 1.165) is 25.7 Å². The molecule has 0 aliphatic heterocycles. The maximum atomic E-state index is 2.52. The molecule has 11 rings (SSSR count). The van der Waals surface area contributed by atoms with Crippen LogP contribution in [-0.2, 0) is 6.42 Å². The molecule has 0 saturated heterocycles. The van der Waals surface area contributed by atoms with Crippen LogP contribution in [-0.4, -0.2) is 13.7 Å². The molecule has 3 nitrogen and oxygen atoms in total. The van der Waals surface area contributed by atoms with Crippen molar-refractivity contribution in [3.8, 4) is 16.8 Å². The molecule has 0 fully saturated rings. The molecule has 0 saturated carbocycles. The summed E-state index contributed by atoms with van der Waals surface area (Å²) in [6.07, 6.45) is 13.3. The number of fused-ring (bicyclic) bond motifs is 9. The van der Waals surface area contributed by atoms with E-state index in [9.17, 15) is 0 Å². The molecule has 6 aromatic carbocycles. The summed E-state index contributed by atoms with van der Waals surface area (Å²) in [5, 5.41) is 6.51. The van der Waals surface area contributed by atoms with Gasteiger partial charge in [-0.1, -0.05) is 97.1 Å². The fraction of sp³-hybridized carbons (Fsp3) is 0.0833. The molecule has 2 aliphatic rings. The summed E-state index contributed by atoms with van der Waals surface area (Å²) in [5.41, 5.74) is 15.5. The van der Waals surface area contributed by atoms with E-state index in [1.54, 1.807) is 0 Å². The first-order valence-electron chi connectivity index (χ1n) is 18.1. The van der Waals surface area contributed by atoms with Gasteiger partial charge < -0.3 is 13.7 Å². The summed E-state index contributed by atoms with van der Waals surface area (Å²) < 4.78 is 7.46. The number of aromatic nitrogens is 3. The highest BCUT2D eigenvalue weighted by atomic mass is 15.0. The van der Waals surface area contributed by atoms with Crippen molar-refractivity contribution >= 4 is 72.0 Å². The van der Waals surface area contributed by atoms with Crippen molar-refractivity contribution in [2.45, 2.75) is 25.7 Å². The highest BCUT2D eigenvalue weighted by Crippen LogP contribution is 2.42. The van der Waals surface area contributed by atoms with Gasteiger partial charge in [-0.15, -0.1) is 0 Å². The summed E-state index contributed by atoms with van der Waals surface area (Å²) >= 11 is 0. The van der Waals surface area contributed by atoms with Crippen LogP contribution in [0.15, 0.2) is 158 Å². The molecule has 2 aliphatic carbocycles. The summed E-state index contributed by atoms with van der Waals surface area (Å²) in [5.74, 6) is 0. The molecule has 3 heteroatoms. The molecular formula is C48H35N3. The van der Waals surface area contributed by atoms with Gasteiger partial charge in [0.15, 0.2) is 0 Å². The molecule has 242 valence electrons. The largest absolute Gasteiger partial charge is 0.313 e. The van der Waals surface area contributed by atoms with Crippen molar-refractivity contribution in [1.82, 2.24) is 13.7 Å². The lowest BCUT2D eigenvalue weighted by Gasteiger charge is -2.20. The smallest absolute Gasteiger partial charge is 0.0538 e. The zero-order valence-corrected chi connectivity index (χ0v) is 28.3. The number of para-hydroxylation sites is 4. The fourth-order valence-electron chi connectivity index (χ4n) is 8.96. The van der Waals surface area contributed by atoms with Gasteiger partial charge in [-0.3, -0.25) is 0 Å². The maximum Gasteiger partial charge on any atom is 0.0538 e. The Bertz CT molecular complexity index is 2960. The van der Waals surface area contributed by atoms with Gasteiger partial charge in [0.05, 0.1) is 27.6 Å². The fourth-order valence-corrected chi connectivity index (χ4v) is 8.96. The van der Waals surface area contributed by atoms with Crippen molar-refractivity contribution in [3.05, 3.63) is 169 Å². The quantitative estimate of drug-likeness (QED) is 0.180. The van der Waals surface area contributed by atoms with Crippen molar-refractivity contribution in [3.63, 3.8) is 0 Å². The zero-order valence-electron chi connectivity index (χ0n) is 28.3. The minimum atomic E-state index is 0.971. The molecule has 3 aromatic heterocycles. The van der Waals surface area contributed by atoms with E-state index in [0.29, 0.717) is 0 Å². The molecule has 51 heavy (non-hydrogen) atoms. The van der Waals surface area contributed by atoms with Gasteiger partial charge in [0, 0.05) is 55.3 Å². The van der Waals surface area contributed by atoms with E-state index in [1.165, 1.54) is 94.0 Å². The van der Waals surface area contributed by atoms with E-state index in [2.05, 4.69) is 178 Å². The predicted octanol–water partition coefficient (Wildman–Crippen LogP) is 12.6. The second kappa shape index (κ2) is 11.1. The first kappa shape index (κ1) is 28.5.